The number of imidazole rings is 1. The van der Waals surface area contributed by atoms with Crippen LogP contribution in [-0.2, 0) is 0 Å². The summed E-state index contributed by atoms with van der Waals surface area (Å²) in [6.07, 6.45) is 0. The van der Waals surface area contributed by atoms with Crippen molar-refractivity contribution in [2.75, 3.05) is 5.32 Å². The maximum atomic E-state index is 12.8. The molecular formula is C23H22N4O2S. The van der Waals surface area contributed by atoms with Crippen LogP contribution in [0.1, 0.15) is 45.7 Å². The quantitative estimate of drug-likeness (QED) is 0.412. The Labute approximate surface area is 178 Å². The lowest BCUT2D eigenvalue weighted by Crippen LogP contribution is -2.32. The minimum atomic E-state index is -0.247. The Morgan fingerprint density at radius 3 is 2.40 bits per heavy atom. The lowest BCUT2D eigenvalue weighted by atomic mass is 10.0. The molecule has 4 aromatic rings. The molecule has 0 radical (unpaired) electrons. The molecule has 1 unspecified atom stereocenters. The predicted octanol–water partition coefficient (Wildman–Crippen LogP) is 5.00. The third-order valence-electron chi connectivity index (χ3n) is 4.81. The average molecular weight is 419 g/mol. The van der Waals surface area contributed by atoms with Crippen LogP contribution in [0.2, 0.25) is 0 Å². The molecule has 2 heterocycles. The van der Waals surface area contributed by atoms with E-state index in [4.69, 9.17) is 0 Å². The van der Waals surface area contributed by atoms with E-state index in [1.807, 2.05) is 49.6 Å². The van der Waals surface area contributed by atoms with Gasteiger partial charge in [-0.15, -0.1) is 11.3 Å². The molecule has 0 aliphatic heterocycles. The van der Waals surface area contributed by atoms with Crippen molar-refractivity contribution in [2.24, 2.45) is 5.92 Å². The zero-order chi connectivity index (χ0) is 21.1. The number of thiophene rings is 1. The van der Waals surface area contributed by atoms with Crippen molar-refractivity contribution in [3.8, 4) is 0 Å². The second kappa shape index (κ2) is 8.51. The molecule has 1 atom stereocenters. The third-order valence-corrected chi connectivity index (χ3v) is 5.67. The van der Waals surface area contributed by atoms with Crippen molar-refractivity contribution in [1.82, 2.24) is 15.3 Å². The summed E-state index contributed by atoms with van der Waals surface area (Å²) in [5.41, 5.74) is 2.98. The van der Waals surface area contributed by atoms with E-state index in [1.165, 1.54) is 11.3 Å². The van der Waals surface area contributed by atoms with Gasteiger partial charge in [0.1, 0.15) is 5.82 Å². The molecule has 152 valence electrons. The molecule has 0 fully saturated rings. The van der Waals surface area contributed by atoms with E-state index in [9.17, 15) is 9.59 Å². The molecule has 2 aromatic heterocycles. The van der Waals surface area contributed by atoms with Crippen LogP contribution >= 0.6 is 11.3 Å². The van der Waals surface area contributed by atoms with Crippen LogP contribution < -0.4 is 10.6 Å². The molecular weight excluding hydrogens is 396 g/mol. The summed E-state index contributed by atoms with van der Waals surface area (Å²) in [6.45, 7) is 4.09. The fourth-order valence-corrected chi connectivity index (χ4v) is 3.82. The van der Waals surface area contributed by atoms with Gasteiger partial charge in [-0.3, -0.25) is 9.59 Å². The Balaban J connectivity index is 1.46. The Bertz CT molecular complexity index is 1130. The van der Waals surface area contributed by atoms with E-state index in [1.54, 1.807) is 30.3 Å². The van der Waals surface area contributed by atoms with Crippen LogP contribution in [-0.4, -0.2) is 21.8 Å². The Morgan fingerprint density at radius 1 is 0.967 bits per heavy atom. The number of anilines is 1. The maximum absolute atomic E-state index is 12.8. The van der Waals surface area contributed by atoms with E-state index in [0.717, 1.165) is 16.9 Å². The third kappa shape index (κ3) is 4.26. The van der Waals surface area contributed by atoms with Crippen LogP contribution in [0.3, 0.4) is 0 Å². The molecule has 4 rings (SSSR count). The van der Waals surface area contributed by atoms with E-state index in [0.29, 0.717) is 16.1 Å². The molecule has 2 amide bonds. The number of benzene rings is 2. The second-order valence-electron chi connectivity index (χ2n) is 7.34. The van der Waals surface area contributed by atoms with Gasteiger partial charge in [-0.1, -0.05) is 32.0 Å². The molecule has 0 aliphatic carbocycles. The van der Waals surface area contributed by atoms with Gasteiger partial charge in [-0.2, -0.15) is 0 Å². The summed E-state index contributed by atoms with van der Waals surface area (Å²) in [7, 11) is 0. The summed E-state index contributed by atoms with van der Waals surface area (Å²) in [5.74, 6) is 0.537. The van der Waals surface area contributed by atoms with Gasteiger partial charge in [0.15, 0.2) is 0 Å². The number of fused-ring (bicyclic) bond motifs is 1. The fraction of sp³-hybridized carbons (Fsp3) is 0.174. The number of aromatic amines is 1. The summed E-state index contributed by atoms with van der Waals surface area (Å²) in [4.78, 5) is 33.6. The first-order valence-corrected chi connectivity index (χ1v) is 10.6. The van der Waals surface area contributed by atoms with Crippen LogP contribution in [0, 0.1) is 5.92 Å². The SMILES string of the molecule is CC(C)C(NC(=O)c1ccc(NC(=O)c2cccs2)cc1)c1nc2ccccc2[nH]1. The molecule has 6 nitrogen and oxygen atoms in total. The molecule has 2 aromatic carbocycles. The van der Waals surface area contributed by atoms with E-state index in [2.05, 4.69) is 20.6 Å². The molecule has 0 saturated heterocycles. The number of hydrogen-bond acceptors (Lipinski definition) is 4. The van der Waals surface area contributed by atoms with Gasteiger partial charge in [0.05, 0.1) is 22.0 Å². The highest BCUT2D eigenvalue weighted by molar-refractivity contribution is 7.12. The topological polar surface area (TPSA) is 86.9 Å². The molecule has 0 bridgehead atoms. The lowest BCUT2D eigenvalue weighted by molar-refractivity contribution is 0.0923. The summed E-state index contributed by atoms with van der Waals surface area (Å²) < 4.78 is 0. The van der Waals surface area contributed by atoms with Crippen molar-refractivity contribution in [3.05, 3.63) is 82.3 Å². The molecule has 0 spiro atoms. The number of H-pyrrole nitrogens is 1. The molecule has 3 N–H and O–H groups in total. The first-order valence-electron chi connectivity index (χ1n) is 9.71. The number of carbonyl (C=O) groups is 2. The molecule has 7 heteroatoms. The van der Waals surface area contributed by atoms with Crippen LogP contribution in [0.15, 0.2) is 66.0 Å². The Hall–Kier alpha value is -3.45. The van der Waals surface area contributed by atoms with Crippen molar-refractivity contribution >= 4 is 39.9 Å². The largest absolute Gasteiger partial charge is 0.342 e. The number of para-hydroxylation sites is 2. The maximum Gasteiger partial charge on any atom is 0.265 e. The number of amides is 2. The van der Waals surface area contributed by atoms with E-state index in [-0.39, 0.29) is 23.8 Å². The molecule has 30 heavy (non-hydrogen) atoms. The molecule has 0 aliphatic rings. The number of rotatable bonds is 6. The lowest BCUT2D eigenvalue weighted by Gasteiger charge is -2.20. The van der Waals surface area contributed by atoms with E-state index >= 15 is 0 Å². The van der Waals surface area contributed by atoms with Crippen LogP contribution in [0.25, 0.3) is 11.0 Å². The number of nitrogens with one attached hydrogen (secondary N) is 3. The number of nitrogens with zero attached hydrogens (tertiary/aromatic N) is 1. The first kappa shape index (κ1) is 19.8. The van der Waals surface area contributed by atoms with Crippen molar-refractivity contribution < 1.29 is 9.59 Å². The monoisotopic (exact) mass is 418 g/mol. The summed E-state index contributed by atoms with van der Waals surface area (Å²) in [5, 5.41) is 7.77. The van der Waals surface area contributed by atoms with Crippen molar-refractivity contribution in [1.29, 1.82) is 0 Å². The molecule has 0 saturated carbocycles. The first-order chi connectivity index (χ1) is 14.5. The highest BCUT2D eigenvalue weighted by Crippen LogP contribution is 2.23. The average Bonchev–Trinajstić information content (AvgIpc) is 3.42. The zero-order valence-electron chi connectivity index (χ0n) is 16.7. The number of carbonyl (C=O) groups excluding carboxylic acids is 2. The summed E-state index contributed by atoms with van der Waals surface area (Å²) >= 11 is 1.38. The summed E-state index contributed by atoms with van der Waals surface area (Å²) in [6, 6.07) is 18.0. The van der Waals surface area contributed by atoms with Gasteiger partial charge in [0, 0.05) is 11.3 Å². The number of hydrogen-bond donors (Lipinski definition) is 3. The van der Waals surface area contributed by atoms with Crippen molar-refractivity contribution in [3.63, 3.8) is 0 Å². The van der Waals surface area contributed by atoms with Gasteiger partial charge in [-0.25, -0.2) is 4.98 Å². The van der Waals surface area contributed by atoms with Gasteiger partial charge >= 0.3 is 0 Å². The van der Waals surface area contributed by atoms with Crippen LogP contribution in [0.4, 0.5) is 5.69 Å². The van der Waals surface area contributed by atoms with Gasteiger partial charge < -0.3 is 15.6 Å². The van der Waals surface area contributed by atoms with Gasteiger partial charge in [-0.05, 0) is 53.8 Å². The Kier molecular flexibility index (Phi) is 5.63. The van der Waals surface area contributed by atoms with Gasteiger partial charge in [0.25, 0.3) is 11.8 Å². The van der Waals surface area contributed by atoms with Crippen molar-refractivity contribution in [2.45, 2.75) is 19.9 Å². The van der Waals surface area contributed by atoms with E-state index < -0.39 is 0 Å². The predicted molar refractivity (Wildman–Crippen MR) is 120 cm³/mol. The normalized spacial score (nSPS) is 12.1. The van der Waals surface area contributed by atoms with Gasteiger partial charge in [0.2, 0.25) is 0 Å². The number of aromatic nitrogens is 2. The van der Waals surface area contributed by atoms with Crippen LogP contribution in [0.5, 0.6) is 0 Å². The highest BCUT2D eigenvalue weighted by atomic mass is 32.1. The smallest absolute Gasteiger partial charge is 0.265 e. The second-order valence-corrected chi connectivity index (χ2v) is 8.29. The standard InChI is InChI=1S/C23H22N4O2S/c1-14(2)20(21-25-17-6-3-4-7-18(17)26-21)27-22(28)15-9-11-16(12-10-15)24-23(29)19-8-5-13-30-19/h3-14,20H,1-2H3,(H,24,29)(H,25,26)(H,27,28). The fourth-order valence-electron chi connectivity index (χ4n) is 3.20. The Morgan fingerprint density at radius 2 is 1.73 bits per heavy atom. The minimum Gasteiger partial charge on any atom is -0.342 e. The zero-order valence-corrected chi connectivity index (χ0v) is 17.5. The highest BCUT2D eigenvalue weighted by Gasteiger charge is 2.22. The minimum absolute atomic E-state index is 0.152.